The third-order valence-electron chi connectivity index (χ3n) is 5.69. The van der Waals surface area contributed by atoms with Crippen LogP contribution in [0.4, 0.5) is 0 Å². The molecule has 4 amide bonds. The van der Waals surface area contributed by atoms with E-state index in [-0.39, 0.29) is 38.2 Å². The molecule has 37 heavy (non-hydrogen) atoms. The van der Waals surface area contributed by atoms with E-state index >= 15 is 0 Å². The average Bonchev–Trinajstić information content (AvgIpc) is 3.26. The van der Waals surface area contributed by atoms with Gasteiger partial charge in [-0.1, -0.05) is 24.3 Å². The molecule has 3 aromatic carbocycles. The van der Waals surface area contributed by atoms with Crippen molar-refractivity contribution in [2.45, 2.75) is 0 Å². The van der Waals surface area contributed by atoms with Crippen LogP contribution in [0.25, 0.3) is 0 Å². The fourth-order valence-electron chi connectivity index (χ4n) is 3.97. The smallest absolute Gasteiger partial charge is 0.331 e. The normalized spacial score (nSPS) is 14.1. The number of rotatable bonds is 6. The summed E-state index contributed by atoms with van der Waals surface area (Å²) < 4.78 is 10.7. The molecule has 2 heterocycles. The fraction of sp³-hybridized carbons (Fsp3) is 0.0769. The van der Waals surface area contributed by atoms with Crippen molar-refractivity contribution in [2.75, 3.05) is 13.1 Å². The van der Waals surface area contributed by atoms with E-state index in [0.29, 0.717) is 0 Å². The van der Waals surface area contributed by atoms with Crippen molar-refractivity contribution in [3.8, 4) is 11.5 Å². The number of esters is 2. The van der Waals surface area contributed by atoms with Gasteiger partial charge in [-0.25, -0.2) is 9.59 Å². The van der Waals surface area contributed by atoms with Gasteiger partial charge in [0.05, 0.1) is 26.7 Å². The molecule has 0 aliphatic carbocycles. The van der Waals surface area contributed by atoms with E-state index < -0.39 is 48.7 Å². The zero-order chi connectivity index (χ0) is 26.3. The molecule has 3 aromatic rings. The molecular formula is C26H15BrN2O8. The van der Waals surface area contributed by atoms with Gasteiger partial charge in [0.2, 0.25) is 0 Å². The molecule has 11 heteroatoms. The van der Waals surface area contributed by atoms with Gasteiger partial charge in [0, 0.05) is 0 Å². The van der Waals surface area contributed by atoms with Crippen LogP contribution in [0, 0.1) is 0 Å². The Kier molecular flexibility index (Phi) is 6.14. The molecule has 0 radical (unpaired) electrons. The van der Waals surface area contributed by atoms with Gasteiger partial charge in [-0.05, 0) is 58.4 Å². The number of hydrogen-bond acceptors (Lipinski definition) is 8. The Morgan fingerprint density at radius 3 is 1.43 bits per heavy atom. The van der Waals surface area contributed by atoms with Crippen LogP contribution in [0.5, 0.6) is 11.5 Å². The highest BCUT2D eigenvalue weighted by Gasteiger charge is 2.38. The lowest BCUT2D eigenvalue weighted by Crippen LogP contribution is -2.36. The number of nitrogens with zero attached hydrogens (tertiary/aromatic N) is 2. The maximum atomic E-state index is 12.4. The summed E-state index contributed by atoms with van der Waals surface area (Å²) in [5, 5.41) is 0. The molecule has 0 spiro atoms. The van der Waals surface area contributed by atoms with Crippen molar-refractivity contribution in [1.82, 2.24) is 9.80 Å². The van der Waals surface area contributed by atoms with Crippen LogP contribution in [0.1, 0.15) is 41.4 Å². The maximum Gasteiger partial charge on any atom is 0.331 e. The Bertz CT molecular complexity index is 1460. The highest BCUT2D eigenvalue weighted by Crippen LogP contribution is 2.30. The first-order chi connectivity index (χ1) is 17.7. The number of imide groups is 2. The van der Waals surface area contributed by atoms with E-state index in [1.807, 2.05) is 0 Å². The number of carbonyl (C=O) groups is 6. The van der Waals surface area contributed by atoms with Crippen LogP contribution in [0.15, 0.2) is 71.2 Å². The van der Waals surface area contributed by atoms with Gasteiger partial charge in [0.15, 0.2) is 0 Å². The second-order valence-electron chi connectivity index (χ2n) is 8.02. The van der Waals surface area contributed by atoms with Crippen molar-refractivity contribution in [2.24, 2.45) is 0 Å². The summed E-state index contributed by atoms with van der Waals surface area (Å²) in [6.07, 6.45) is 0. The molecule has 5 rings (SSSR count). The quantitative estimate of drug-likeness (QED) is 0.255. The standard InChI is InChI=1S/C26H15BrN2O8/c27-19-11-14(36-21(30)12-28-23(32)15-5-1-2-6-16(15)24(28)33)9-10-20(19)37-22(31)13-29-25(34)17-7-3-4-8-18(17)26(29)35/h1-11H,12-13H2. The number of ether oxygens (including phenoxy) is 2. The first kappa shape index (κ1) is 24.1. The van der Waals surface area contributed by atoms with Crippen molar-refractivity contribution >= 4 is 51.5 Å². The SMILES string of the molecule is O=C(CN1C(=O)c2ccccc2C1=O)Oc1ccc(OC(=O)CN2C(=O)c3ccccc3C2=O)c(Br)c1. The Morgan fingerprint density at radius 2 is 1.03 bits per heavy atom. The lowest BCUT2D eigenvalue weighted by atomic mass is 10.1. The predicted molar refractivity (Wildman–Crippen MR) is 129 cm³/mol. The minimum Gasteiger partial charge on any atom is -0.425 e. The topological polar surface area (TPSA) is 127 Å². The van der Waals surface area contributed by atoms with Gasteiger partial charge in [-0.3, -0.25) is 29.0 Å². The lowest BCUT2D eigenvalue weighted by molar-refractivity contribution is -0.135. The summed E-state index contributed by atoms with van der Waals surface area (Å²) in [5.41, 5.74) is 0.869. The first-order valence-corrected chi connectivity index (χ1v) is 11.6. The lowest BCUT2D eigenvalue weighted by Gasteiger charge is -2.14. The average molecular weight is 563 g/mol. The van der Waals surface area contributed by atoms with Gasteiger partial charge in [-0.2, -0.15) is 0 Å². The summed E-state index contributed by atoms with van der Waals surface area (Å²) in [6, 6.07) is 16.6. The summed E-state index contributed by atoms with van der Waals surface area (Å²) >= 11 is 3.22. The second kappa shape index (κ2) is 9.43. The Balaban J connectivity index is 1.19. The van der Waals surface area contributed by atoms with Crippen LogP contribution in [-0.4, -0.2) is 58.5 Å². The third kappa shape index (κ3) is 4.40. The molecule has 0 saturated heterocycles. The Morgan fingerprint density at radius 1 is 0.622 bits per heavy atom. The van der Waals surface area contributed by atoms with E-state index in [9.17, 15) is 28.8 Å². The highest BCUT2D eigenvalue weighted by molar-refractivity contribution is 9.10. The molecule has 10 nitrogen and oxygen atoms in total. The minimum absolute atomic E-state index is 0.0572. The number of benzene rings is 3. The van der Waals surface area contributed by atoms with E-state index in [2.05, 4.69) is 15.9 Å². The number of halogens is 1. The number of carbonyl (C=O) groups excluding carboxylic acids is 6. The van der Waals surface area contributed by atoms with Gasteiger partial charge < -0.3 is 9.47 Å². The number of amides is 4. The maximum absolute atomic E-state index is 12.4. The number of fused-ring (bicyclic) bond motifs is 2. The van der Waals surface area contributed by atoms with Crippen molar-refractivity contribution in [3.63, 3.8) is 0 Å². The molecule has 0 N–H and O–H groups in total. The molecule has 2 aliphatic rings. The van der Waals surface area contributed by atoms with Crippen molar-refractivity contribution in [1.29, 1.82) is 0 Å². The van der Waals surface area contributed by atoms with E-state index in [4.69, 9.17) is 9.47 Å². The van der Waals surface area contributed by atoms with Crippen LogP contribution in [0.3, 0.4) is 0 Å². The molecule has 0 atom stereocenters. The van der Waals surface area contributed by atoms with Crippen molar-refractivity contribution < 1.29 is 38.2 Å². The number of hydrogen-bond donors (Lipinski definition) is 0. The highest BCUT2D eigenvalue weighted by atomic mass is 79.9. The second-order valence-corrected chi connectivity index (χ2v) is 8.88. The molecule has 0 bridgehead atoms. The summed E-state index contributed by atoms with van der Waals surface area (Å²) in [7, 11) is 0. The predicted octanol–water partition coefficient (Wildman–Crippen LogP) is 2.85. The largest absolute Gasteiger partial charge is 0.425 e. The van der Waals surface area contributed by atoms with E-state index in [1.54, 1.807) is 24.3 Å². The molecule has 0 saturated carbocycles. The van der Waals surface area contributed by atoms with Gasteiger partial charge in [-0.15, -0.1) is 0 Å². The van der Waals surface area contributed by atoms with Crippen LogP contribution in [0.2, 0.25) is 0 Å². The summed E-state index contributed by atoms with van der Waals surface area (Å²) in [5.74, 6) is -3.93. The van der Waals surface area contributed by atoms with E-state index in [0.717, 1.165) is 9.80 Å². The first-order valence-electron chi connectivity index (χ1n) is 10.9. The molecule has 2 aliphatic heterocycles. The third-order valence-corrected chi connectivity index (χ3v) is 6.31. The zero-order valence-electron chi connectivity index (χ0n) is 18.8. The van der Waals surface area contributed by atoms with E-state index in [1.165, 1.54) is 42.5 Å². The molecular weight excluding hydrogens is 548 g/mol. The summed E-state index contributed by atoms with van der Waals surface area (Å²) in [4.78, 5) is 76.1. The Labute approximate surface area is 217 Å². The monoisotopic (exact) mass is 562 g/mol. The molecule has 0 unspecified atom stereocenters. The van der Waals surface area contributed by atoms with Crippen LogP contribution in [-0.2, 0) is 9.59 Å². The van der Waals surface area contributed by atoms with Gasteiger partial charge in [0.25, 0.3) is 23.6 Å². The van der Waals surface area contributed by atoms with Crippen LogP contribution < -0.4 is 9.47 Å². The van der Waals surface area contributed by atoms with Gasteiger partial charge >= 0.3 is 11.9 Å². The fourth-order valence-corrected chi connectivity index (χ4v) is 4.41. The Hall–Kier alpha value is -4.64. The van der Waals surface area contributed by atoms with Crippen molar-refractivity contribution in [3.05, 3.63) is 93.5 Å². The molecule has 184 valence electrons. The summed E-state index contributed by atoms with van der Waals surface area (Å²) in [6.45, 7) is -1.17. The minimum atomic E-state index is -0.856. The molecule has 0 aromatic heterocycles. The zero-order valence-corrected chi connectivity index (χ0v) is 20.4. The van der Waals surface area contributed by atoms with Crippen LogP contribution >= 0.6 is 15.9 Å². The van der Waals surface area contributed by atoms with Gasteiger partial charge in [0.1, 0.15) is 24.6 Å². The molecule has 0 fully saturated rings.